The van der Waals surface area contributed by atoms with Gasteiger partial charge < -0.3 is 10.1 Å². The Kier molecular flexibility index (Phi) is 7.53. The van der Waals surface area contributed by atoms with Crippen LogP contribution in [0.25, 0.3) is 0 Å². The molecule has 146 valence electrons. The molecule has 0 saturated heterocycles. The van der Waals surface area contributed by atoms with Crippen LogP contribution in [-0.2, 0) is 26.2 Å². The van der Waals surface area contributed by atoms with Gasteiger partial charge in [0.15, 0.2) is 0 Å². The second kappa shape index (κ2) is 9.64. The number of sulfonamides is 1. The lowest BCUT2D eigenvalue weighted by Crippen LogP contribution is -2.28. The van der Waals surface area contributed by atoms with Crippen LogP contribution in [0.4, 0.5) is 5.69 Å². The topological polar surface area (TPSA) is 84.5 Å². The smallest absolute Gasteiger partial charge is 0.240 e. The van der Waals surface area contributed by atoms with Gasteiger partial charge in [-0.25, -0.2) is 13.1 Å². The number of hydrogen-bond acceptors (Lipinski definition) is 4. The molecule has 0 radical (unpaired) electrons. The molecule has 1 amide bonds. The Bertz CT molecular complexity index is 895. The van der Waals surface area contributed by atoms with Gasteiger partial charge in [-0.05, 0) is 50.1 Å². The summed E-state index contributed by atoms with van der Waals surface area (Å²) in [5.74, 6) is -0.262. The first-order valence-corrected chi connectivity index (χ1v) is 10.3. The minimum Gasteiger partial charge on any atom is -0.377 e. The third-order valence-corrected chi connectivity index (χ3v) is 5.64. The fraction of sp³-hybridized carbons (Fsp3) is 0.350. The monoisotopic (exact) mass is 390 g/mol. The van der Waals surface area contributed by atoms with Gasteiger partial charge in [-0.3, -0.25) is 4.79 Å². The van der Waals surface area contributed by atoms with Crippen molar-refractivity contribution in [2.24, 2.45) is 0 Å². The molecule has 0 atom stereocenters. The van der Waals surface area contributed by atoms with Crippen molar-refractivity contribution in [1.82, 2.24) is 4.72 Å². The SMILES string of the molecule is CCOCc1ccccc1NC(=O)CCNS(=O)(=O)c1ccc(C)c(C)c1. The average molecular weight is 391 g/mol. The van der Waals surface area contributed by atoms with Gasteiger partial charge in [-0.15, -0.1) is 0 Å². The van der Waals surface area contributed by atoms with Crippen LogP contribution in [-0.4, -0.2) is 27.5 Å². The number of carbonyl (C=O) groups is 1. The van der Waals surface area contributed by atoms with E-state index >= 15 is 0 Å². The van der Waals surface area contributed by atoms with E-state index in [0.717, 1.165) is 16.7 Å². The highest BCUT2D eigenvalue weighted by Gasteiger charge is 2.15. The quantitative estimate of drug-likeness (QED) is 0.689. The van der Waals surface area contributed by atoms with E-state index in [2.05, 4.69) is 10.0 Å². The van der Waals surface area contributed by atoms with Gasteiger partial charge in [0.1, 0.15) is 0 Å². The van der Waals surface area contributed by atoms with Crippen LogP contribution in [0, 0.1) is 13.8 Å². The van der Waals surface area contributed by atoms with E-state index in [1.165, 1.54) is 0 Å². The van der Waals surface area contributed by atoms with E-state index in [-0.39, 0.29) is 23.8 Å². The Labute approximate surface area is 161 Å². The molecule has 0 unspecified atom stereocenters. The molecule has 0 aliphatic carbocycles. The largest absolute Gasteiger partial charge is 0.377 e. The number of aryl methyl sites for hydroxylation is 2. The number of ether oxygens (including phenoxy) is 1. The molecule has 0 aromatic heterocycles. The van der Waals surface area contributed by atoms with Gasteiger partial charge >= 0.3 is 0 Å². The summed E-state index contributed by atoms with van der Waals surface area (Å²) in [5, 5.41) is 2.81. The van der Waals surface area contributed by atoms with Crippen LogP contribution in [0.1, 0.15) is 30.0 Å². The predicted molar refractivity (Wildman–Crippen MR) is 106 cm³/mol. The zero-order chi connectivity index (χ0) is 19.9. The Morgan fingerprint density at radius 3 is 2.52 bits per heavy atom. The van der Waals surface area contributed by atoms with Crippen molar-refractivity contribution in [3.8, 4) is 0 Å². The fourth-order valence-electron chi connectivity index (χ4n) is 2.46. The highest BCUT2D eigenvalue weighted by Crippen LogP contribution is 2.17. The molecule has 2 aromatic carbocycles. The summed E-state index contributed by atoms with van der Waals surface area (Å²) in [5.41, 5.74) is 3.48. The maximum Gasteiger partial charge on any atom is 0.240 e. The second-order valence-corrected chi connectivity index (χ2v) is 8.00. The summed E-state index contributed by atoms with van der Waals surface area (Å²) in [6, 6.07) is 12.3. The molecule has 2 N–H and O–H groups in total. The van der Waals surface area contributed by atoms with Crippen molar-refractivity contribution in [3.63, 3.8) is 0 Å². The van der Waals surface area contributed by atoms with Gasteiger partial charge in [-0.2, -0.15) is 0 Å². The predicted octanol–water partition coefficient (Wildman–Crippen LogP) is 3.15. The number of carbonyl (C=O) groups excluding carboxylic acids is 1. The molecular weight excluding hydrogens is 364 g/mol. The number of rotatable bonds is 9. The molecule has 7 heteroatoms. The van der Waals surface area contributed by atoms with Crippen LogP contribution in [0.5, 0.6) is 0 Å². The zero-order valence-electron chi connectivity index (χ0n) is 15.9. The summed E-state index contributed by atoms with van der Waals surface area (Å²) in [7, 11) is -3.64. The van der Waals surface area contributed by atoms with E-state index in [0.29, 0.717) is 18.9 Å². The lowest BCUT2D eigenvalue weighted by molar-refractivity contribution is -0.116. The lowest BCUT2D eigenvalue weighted by atomic mass is 10.1. The molecule has 2 rings (SSSR count). The van der Waals surface area contributed by atoms with Crippen molar-refractivity contribution in [2.45, 2.75) is 38.7 Å². The van der Waals surface area contributed by atoms with Crippen LogP contribution in [0.3, 0.4) is 0 Å². The molecule has 0 saturated carbocycles. The first-order valence-electron chi connectivity index (χ1n) is 8.86. The molecule has 2 aromatic rings. The maximum atomic E-state index is 12.3. The summed E-state index contributed by atoms with van der Waals surface area (Å²) in [6.07, 6.45) is 0.0348. The van der Waals surface area contributed by atoms with E-state index < -0.39 is 10.0 Å². The minimum atomic E-state index is -3.64. The maximum absolute atomic E-state index is 12.3. The second-order valence-electron chi connectivity index (χ2n) is 6.24. The van der Waals surface area contributed by atoms with E-state index in [1.54, 1.807) is 24.3 Å². The number of benzene rings is 2. The molecule has 0 aliphatic heterocycles. The Balaban J connectivity index is 1.91. The van der Waals surface area contributed by atoms with Crippen LogP contribution < -0.4 is 10.0 Å². The third kappa shape index (κ3) is 6.16. The standard InChI is InChI=1S/C20H26N2O4S/c1-4-26-14-17-7-5-6-8-19(17)22-20(23)11-12-21-27(24,25)18-10-9-15(2)16(3)13-18/h5-10,13,21H,4,11-12,14H2,1-3H3,(H,22,23). The van der Waals surface area contributed by atoms with Crippen LogP contribution in [0.2, 0.25) is 0 Å². The third-order valence-electron chi connectivity index (χ3n) is 4.19. The molecule has 0 aliphatic rings. The number of anilines is 1. The number of para-hydroxylation sites is 1. The summed E-state index contributed by atoms with van der Waals surface area (Å²) in [6.45, 7) is 6.71. The van der Waals surface area contributed by atoms with Gasteiger partial charge in [0, 0.05) is 30.8 Å². The Morgan fingerprint density at radius 1 is 1.07 bits per heavy atom. The summed E-state index contributed by atoms with van der Waals surface area (Å²) >= 11 is 0. The fourth-order valence-corrected chi connectivity index (χ4v) is 3.57. The number of hydrogen-bond donors (Lipinski definition) is 2. The normalized spacial score (nSPS) is 11.4. The van der Waals surface area contributed by atoms with E-state index in [4.69, 9.17) is 4.74 Å². The van der Waals surface area contributed by atoms with Crippen molar-refractivity contribution in [3.05, 3.63) is 59.2 Å². The molecule has 27 heavy (non-hydrogen) atoms. The lowest BCUT2D eigenvalue weighted by Gasteiger charge is -2.12. The summed E-state index contributed by atoms with van der Waals surface area (Å²) in [4.78, 5) is 12.4. The van der Waals surface area contributed by atoms with Gasteiger partial charge in [0.25, 0.3) is 0 Å². The zero-order valence-corrected chi connectivity index (χ0v) is 16.7. The summed E-state index contributed by atoms with van der Waals surface area (Å²) < 4.78 is 32.6. The average Bonchev–Trinajstić information content (AvgIpc) is 2.63. The molecule has 0 bridgehead atoms. The minimum absolute atomic E-state index is 0.0225. The molecular formula is C20H26N2O4S. The van der Waals surface area contributed by atoms with Crippen LogP contribution in [0.15, 0.2) is 47.4 Å². The Morgan fingerprint density at radius 2 is 1.81 bits per heavy atom. The highest BCUT2D eigenvalue weighted by atomic mass is 32.2. The van der Waals surface area contributed by atoms with E-state index in [9.17, 15) is 13.2 Å². The first-order chi connectivity index (χ1) is 12.8. The molecule has 0 fully saturated rings. The van der Waals surface area contributed by atoms with Crippen molar-refractivity contribution < 1.29 is 17.9 Å². The van der Waals surface area contributed by atoms with Crippen molar-refractivity contribution >= 4 is 21.6 Å². The number of nitrogens with one attached hydrogen (secondary N) is 2. The molecule has 0 heterocycles. The highest BCUT2D eigenvalue weighted by molar-refractivity contribution is 7.89. The first kappa shape index (κ1) is 21.1. The Hall–Kier alpha value is -2.22. The van der Waals surface area contributed by atoms with Gasteiger partial charge in [-0.1, -0.05) is 24.3 Å². The number of amides is 1. The van der Waals surface area contributed by atoms with Crippen molar-refractivity contribution in [1.29, 1.82) is 0 Å². The van der Waals surface area contributed by atoms with Crippen molar-refractivity contribution in [2.75, 3.05) is 18.5 Å². The molecule has 0 spiro atoms. The van der Waals surface area contributed by atoms with E-state index in [1.807, 2.05) is 39.0 Å². The van der Waals surface area contributed by atoms with Gasteiger partial charge in [0.05, 0.1) is 11.5 Å². The van der Waals surface area contributed by atoms with Gasteiger partial charge in [0.2, 0.25) is 15.9 Å². The molecule has 6 nitrogen and oxygen atoms in total. The van der Waals surface area contributed by atoms with Crippen LogP contribution >= 0.6 is 0 Å².